The summed E-state index contributed by atoms with van der Waals surface area (Å²) in [6.07, 6.45) is 2.33. The largest absolute Gasteiger partial charge is 0.496 e. The van der Waals surface area contributed by atoms with Crippen molar-refractivity contribution < 1.29 is 4.74 Å². The molecule has 0 saturated carbocycles. The fourth-order valence-corrected chi connectivity index (χ4v) is 2.27. The molecule has 2 N–H and O–H groups in total. The number of nitrogens with two attached hydrogens (primary N) is 1. The molecule has 0 aliphatic rings. The molecule has 0 aliphatic heterocycles. The zero-order valence-electron chi connectivity index (χ0n) is 11.8. The lowest BCUT2D eigenvalue weighted by atomic mass is 9.97. The zero-order chi connectivity index (χ0) is 14.0. The van der Waals surface area contributed by atoms with Gasteiger partial charge >= 0.3 is 0 Å². The third-order valence-corrected chi connectivity index (χ3v) is 3.33. The van der Waals surface area contributed by atoms with Gasteiger partial charge in [0.2, 0.25) is 0 Å². The maximum absolute atomic E-state index is 5.94. The smallest absolute Gasteiger partial charge is 0.130 e. The minimum Gasteiger partial charge on any atom is -0.496 e. The van der Waals surface area contributed by atoms with E-state index < -0.39 is 0 Å². The predicted molar refractivity (Wildman–Crippen MR) is 77.3 cm³/mol. The number of rotatable bonds is 3. The van der Waals surface area contributed by atoms with Crippen molar-refractivity contribution in [1.82, 2.24) is 9.97 Å². The van der Waals surface area contributed by atoms with Crippen molar-refractivity contribution in [3.63, 3.8) is 0 Å². The molecule has 0 atom stereocenters. The number of methoxy groups -OCH3 is 1. The standard InChI is InChI=1S/C15H19N3O/c1-5-11-14(17-8-18-15(11)16)12-6-10(3)13(19-4)7-9(12)2/h6-8H,5H2,1-4H3,(H2,16,17,18). The zero-order valence-corrected chi connectivity index (χ0v) is 11.8. The van der Waals surface area contributed by atoms with Gasteiger partial charge in [0.05, 0.1) is 12.8 Å². The Morgan fingerprint density at radius 2 is 1.89 bits per heavy atom. The van der Waals surface area contributed by atoms with Gasteiger partial charge in [-0.25, -0.2) is 9.97 Å². The van der Waals surface area contributed by atoms with Gasteiger partial charge in [-0.05, 0) is 43.5 Å². The molecule has 1 aromatic heterocycles. The van der Waals surface area contributed by atoms with Crippen molar-refractivity contribution >= 4 is 5.82 Å². The summed E-state index contributed by atoms with van der Waals surface area (Å²) in [6.45, 7) is 6.14. The van der Waals surface area contributed by atoms with Crippen molar-refractivity contribution in [3.8, 4) is 17.0 Å². The van der Waals surface area contributed by atoms with Crippen LogP contribution >= 0.6 is 0 Å². The van der Waals surface area contributed by atoms with Crippen molar-refractivity contribution in [1.29, 1.82) is 0 Å². The highest BCUT2D eigenvalue weighted by molar-refractivity contribution is 5.72. The number of nitrogens with zero attached hydrogens (tertiary/aromatic N) is 2. The normalized spacial score (nSPS) is 10.5. The molecule has 19 heavy (non-hydrogen) atoms. The van der Waals surface area contributed by atoms with Crippen molar-refractivity contribution in [2.24, 2.45) is 0 Å². The fourth-order valence-electron chi connectivity index (χ4n) is 2.27. The Balaban J connectivity index is 2.66. The molecule has 4 nitrogen and oxygen atoms in total. The molecule has 0 bridgehead atoms. The van der Waals surface area contributed by atoms with Gasteiger partial charge in [0.25, 0.3) is 0 Å². The molecule has 0 aliphatic carbocycles. The number of ether oxygens (including phenoxy) is 1. The molecule has 0 unspecified atom stereocenters. The Morgan fingerprint density at radius 1 is 1.16 bits per heavy atom. The number of hydrogen-bond acceptors (Lipinski definition) is 4. The minimum atomic E-state index is 0.556. The monoisotopic (exact) mass is 257 g/mol. The van der Waals surface area contributed by atoms with Crippen LogP contribution in [0.15, 0.2) is 18.5 Å². The average Bonchev–Trinajstić information content (AvgIpc) is 2.40. The van der Waals surface area contributed by atoms with Gasteiger partial charge in [-0.3, -0.25) is 0 Å². The van der Waals surface area contributed by atoms with Gasteiger partial charge in [0.1, 0.15) is 17.9 Å². The summed E-state index contributed by atoms with van der Waals surface area (Å²) in [5, 5.41) is 0. The first-order chi connectivity index (χ1) is 9.08. The maximum Gasteiger partial charge on any atom is 0.130 e. The first-order valence-corrected chi connectivity index (χ1v) is 6.33. The molecule has 100 valence electrons. The van der Waals surface area contributed by atoms with E-state index in [2.05, 4.69) is 29.9 Å². The number of anilines is 1. The van der Waals surface area contributed by atoms with Crippen LogP contribution in [0, 0.1) is 13.8 Å². The van der Waals surface area contributed by atoms with E-state index in [0.29, 0.717) is 5.82 Å². The van der Waals surface area contributed by atoms with E-state index in [1.54, 1.807) is 7.11 Å². The molecule has 0 fully saturated rings. The van der Waals surface area contributed by atoms with Gasteiger partial charge < -0.3 is 10.5 Å². The highest BCUT2D eigenvalue weighted by Gasteiger charge is 2.13. The summed E-state index contributed by atoms with van der Waals surface area (Å²) < 4.78 is 5.34. The summed E-state index contributed by atoms with van der Waals surface area (Å²) in [7, 11) is 1.68. The number of aromatic nitrogens is 2. The third kappa shape index (κ3) is 2.38. The van der Waals surface area contributed by atoms with Gasteiger partial charge in [0.15, 0.2) is 0 Å². The Kier molecular flexibility index (Phi) is 3.69. The SMILES string of the molecule is CCc1c(N)ncnc1-c1cc(C)c(OC)cc1C. The van der Waals surface area contributed by atoms with E-state index in [9.17, 15) is 0 Å². The van der Waals surface area contributed by atoms with Crippen LogP contribution in [-0.4, -0.2) is 17.1 Å². The van der Waals surface area contributed by atoms with E-state index in [1.807, 2.05) is 13.0 Å². The van der Waals surface area contributed by atoms with Crippen LogP contribution in [0.4, 0.5) is 5.82 Å². The molecule has 0 spiro atoms. The van der Waals surface area contributed by atoms with Crippen LogP contribution in [0.3, 0.4) is 0 Å². The average molecular weight is 257 g/mol. The molecule has 1 aromatic carbocycles. The van der Waals surface area contributed by atoms with E-state index in [1.165, 1.54) is 6.33 Å². The predicted octanol–water partition coefficient (Wildman–Crippen LogP) is 2.91. The highest BCUT2D eigenvalue weighted by Crippen LogP contribution is 2.32. The Bertz CT molecular complexity index is 609. The van der Waals surface area contributed by atoms with Crippen LogP contribution in [0.1, 0.15) is 23.6 Å². The van der Waals surface area contributed by atoms with Crippen LogP contribution in [0.25, 0.3) is 11.3 Å². The van der Waals surface area contributed by atoms with Crippen LogP contribution in [0.5, 0.6) is 5.75 Å². The van der Waals surface area contributed by atoms with Crippen LogP contribution < -0.4 is 10.5 Å². The molecular formula is C15H19N3O. The van der Waals surface area contributed by atoms with Crippen molar-refractivity contribution in [3.05, 3.63) is 35.2 Å². The fraction of sp³-hybridized carbons (Fsp3) is 0.333. The number of nitrogen functional groups attached to an aromatic ring is 1. The van der Waals surface area contributed by atoms with Gasteiger partial charge in [-0.1, -0.05) is 6.92 Å². The number of aryl methyl sites for hydroxylation is 2. The Labute approximate surface area is 113 Å². The third-order valence-electron chi connectivity index (χ3n) is 3.33. The molecular weight excluding hydrogens is 238 g/mol. The molecule has 0 radical (unpaired) electrons. The lowest BCUT2D eigenvalue weighted by molar-refractivity contribution is 0.411. The molecule has 2 aromatic rings. The molecule has 1 heterocycles. The van der Waals surface area contributed by atoms with Crippen LogP contribution in [0.2, 0.25) is 0 Å². The minimum absolute atomic E-state index is 0.556. The molecule has 0 saturated heterocycles. The van der Waals surface area contributed by atoms with Crippen LogP contribution in [-0.2, 0) is 6.42 Å². The lowest BCUT2D eigenvalue weighted by Gasteiger charge is -2.14. The quantitative estimate of drug-likeness (QED) is 0.918. The molecule has 4 heteroatoms. The van der Waals surface area contributed by atoms with Crippen molar-refractivity contribution in [2.45, 2.75) is 27.2 Å². The van der Waals surface area contributed by atoms with E-state index in [4.69, 9.17) is 10.5 Å². The second kappa shape index (κ2) is 5.26. The maximum atomic E-state index is 5.94. The van der Waals surface area contributed by atoms with Gasteiger partial charge in [0, 0.05) is 11.1 Å². The Morgan fingerprint density at radius 3 is 2.53 bits per heavy atom. The first kappa shape index (κ1) is 13.3. The number of benzene rings is 1. The summed E-state index contributed by atoms with van der Waals surface area (Å²) in [4.78, 5) is 8.47. The topological polar surface area (TPSA) is 61.0 Å². The number of hydrogen-bond donors (Lipinski definition) is 1. The summed E-state index contributed by atoms with van der Waals surface area (Å²) in [5.74, 6) is 1.45. The van der Waals surface area contributed by atoms with E-state index in [0.717, 1.165) is 40.1 Å². The Hall–Kier alpha value is -2.10. The first-order valence-electron chi connectivity index (χ1n) is 6.33. The molecule has 2 rings (SSSR count). The second-order valence-electron chi connectivity index (χ2n) is 4.58. The second-order valence-corrected chi connectivity index (χ2v) is 4.58. The lowest BCUT2D eigenvalue weighted by Crippen LogP contribution is -2.02. The molecule has 0 amide bonds. The van der Waals surface area contributed by atoms with Gasteiger partial charge in [-0.15, -0.1) is 0 Å². The van der Waals surface area contributed by atoms with E-state index in [-0.39, 0.29) is 0 Å². The summed E-state index contributed by atoms with van der Waals surface area (Å²) in [6, 6.07) is 4.12. The van der Waals surface area contributed by atoms with E-state index >= 15 is 0 Å². The summed E-state index contributed by atoms with van der Waals surface area (Å²) in [5.41, 5.74) is 11.1. The van der Waals surface area contributed by atoms with Crippen molar-refractivity contribution in [2.75, 3.05) is 12.8 Å². The highest BCUT2D eigenvalue weighted by atomic mass is 16.5. The van der Waals surface area contributed by atoms with Gasteiger partial charge in [-0.2, -0.15) is 0 Å². The summed E-state index contributed by atoms with van der Waals surface area (Å²) >= 11 is 0.